The summed E-state index contributed by atoms with van der Waals surface area (Å²) >= 11 is 0. The molecule has 1 aromatic rings. The van der Waals surface area contributed by atoms with Gasteiger partial charge in [0.2, 0.25) is 5.91 Å². The lowest BCUT2D eigenvalue weighted by Gasteiger charge is -2.24. The number of amides is 1. The molecule has 114 valence electrons. The average molecular weight is 289 g/mol. The first-order valence-electron chi connectivity index (χ1n) is 7.72. The predicted octanol–water partition coefficient (Wildman–Crippen LogP) is 2.39. The first kappa shape index (κ1) is 15.5. The minimum atomic E-state index is -0.191. The van der Waals surface area contributed by atoms with Crippen LogP contribution in [0.4, 0.5) is 0 Å². The van der Waals surface area contributed by atoms with E-state index in [1.54, 1.807) is 0 Å². The molecule has 0 spiro atoms. The van der Waals surface area contributed by atoms with E-state index in [2.05, 4.69) is 17.4 Å². The van der Waals surface area contributed by atoms with Crippen LogP contribution >= 0.6 is 0 Å². The smallest absolute Gasteiger partial charge is 0.306 e. The number of benzene rings is 1. The number of nitrogens with one attached hydrogen (secondary N) is 1. The van der Waals surface area contributed by atoms with Crippen molar-refractivity contribution in [2.45, 2.75) is 51.6 Å². The van der Waals surface area contributed by atoms with Gasteiger partial charge in [-0.2, -0.15) is 0 Å². The van der Waals surface area contributed by atoms with Gasteiger partial charge in [0, 0.05) is 25.8 Å². The Kier molecular flexibility index (Phi) is 5.78. The van der Waals surface area contributed by atoms with E-state index in [0.717, 1.165) is 19.3 Å². The number of esters is 1. The van der Waals surface area contributed by atoms with Crippen LogP contribution in [0.2, 0.25) is 0 Å². The summed E-state index contributed by atoms with van der Waals surface area (Å²) in [5, 5.41) is 2.72. The number of aryl methyl sites for hydroxylation is 1. The van der Waals surface area contributed by atoms with Gasteiger partial charge < -0.3 is 10.1 Å². The molecule has 0 fully saturated rings. The summed E-state index contributed by atoms with van der Waals surface area (Å²) in [6.45, 7) is 2.51. The molecule has 1 N–H and O–H groups in total. The lowest BCUT2D eigenvalue weighted by molar-refractivity contribution is -0.149. The molecule has 0 bridgehead atoms. The minimum Gasteiger partial charge on any atom is -0.462 e. The van der Waals surface area contributed by atoms with Crippen molar-refractivity contribution in [3.63, 3.8) is 0 Å². The Morgan fingerprint density at radius 1 is 1.24 bits per heavy atom. The predicted molar refractivity (Wildman–Crippen MR) is 80.9 cm³/mol. The van der Waals surface area contributed by atoms with Gasteiger partial charge >= 0.3 is 5.97 Å². The van der Waals surface area contributed by atoms with E-state index >= 15 is 0 Å². The summed E-state index contributed by atoms with van der Waals surface area (Å²) in [5.41, 5.74) is 2.64. The van der Waals surface area contributed by atoms with Gasteiger partial charge in [0.05, 0.1) is 0 Å². The van der Waals surface area contributed by atoms with Gasteiger partial charge in [-0.05, 0) is 37.3 Å². The summed E-state index contributed by atoms with van der Waals surface area (Å²) in [5.74, 6) is -0.194. The third-order valence-corrected chi connectivity index (χ3v) is 3.76. The molecule has 0 radical (unpaired) electrons. The normalized spacial score (nSPS) is 16.9. The molecule has 1 aliphatic carbocycles. The Morgan fingerprint density at radius 3 is 2.76 bits per heavy atom. The number of hydrogen-bond acceptors (Lipinski definition) is 3. The van der Waals surface area contributed by atoms with Crippen LogP contribution in [0.3, 0.4) is 0 Å². The Balaban J connectivity index is 1.71. The van der Waals surface area contributed by atoms with Crippen LogP contribution in [0, 0.1) is 0 Å². The van der Waals surface area contributed by atoms with Gasteiger partial charge in [-0.15, -0.1) is 0 Å². The lowest BCUT2D eigenvalue weighted by Crippen LogP contribution is -2.26. The molecular formula is C17H23NO3. The van der Waals surface area contributed by atoms with Gasteiger partial charge in [-0.1, -0.05) is 24.3 Å². The molecule has 0 saturated heterocycles. The molecule has 4 heteroatoms. The number of rotatable bonds is 6. The van der Waals surface area contributed by atoms with E-state index in [-0.39, 0.29) is 18.0 Å². The molecule has 1 amide bonds. The molecule has 4 nitrogen and oxygen atoms in total. The van der Waals surface area contributed by atoms with Gasteiger partial charge in [0.15, 0.2) is 0 Å². The fraction of sp³-hybridized carbons (Fsp3) is 0.529. The second-order valence-corrected chi connectivity index (χ2v) is 5.43. The summed E-state index contributed by atoms with van der Waals surface area (Å²) < 4.78 is 5.52. The third-order valence-electron chi connectivity index (χ3n) is 3.76. The van der Waals surface area contributed by atoms with Crippen LogP contribution in [0.5, 0.6) is 0 Å². The standard InChI is InChI=1S/C17H23NO3/c1-2-18-16(19)8-5-9-17(20)21-15-11-10-13-6-3-4-7-14(13)12-15/h3-4,6-7,15H,2,5,8-12H2,1H3,(H,18,19)/t15-/m0/s1. The fourth-order valence-electron chi connectivity index (χ4n) is 2.69. The van der Waals surface area contributed by atoms with Gasteiger partial charge in [-0.3, -0.25) is 9.59 Å². The molecule has 21 heavy (non-hydrogen) atoms. The maximum absolute atomic E-state index is 11.8. The Labute approximate surface area is 125 Å². The number of ether oxygens (including phenoxy) is 1. The van der Waals surface area contributed by atoms with Crippen LogP contribution in [0.15, 0.2) is 24.3 Å². The molecule has 0 aromatic heterocycles. The number of fused-ring (bicyclic) bond motifs is 1. The van der Waals surface area contributed by atoms with Crippen molar-refractivity contribution in [1.82, 2.24) is 5.32 Å². The van der Waals surface area contributed by atoms with Crippen molar-refractivity contribution < 1.29 is 14.3 Å². The molecule has 0 aliphatic heterocycles. The second kappa shape index (κ2) is 7.81. The van der Waals surface area contributed by atoms with Crippen molar-refractivity contribution in [2.75, 3.05) is 6.54 Å². The Bertz CT molecular complexity index is 499. The van der Waals surface area contributed by atoms with E-state index in [9.17, 15) is 9.59 Å². The van der Waals surface area contributed by atoms with Crippen molar-refractivity contribution in [2.24, 2.45) is 0 Å². The molecule has 0 unspecified atom stereocenters. The quantitative estimate of drug-likeness (QED) is 0.818. The first-order chi connectivity index (χ1) is 10.2. The molecule has 0 saturated carbocycles. The van der Waals surface area contributed by atoms with E-state index in [1.165, 1.54) is 11.1 Å². The zero-order valence-corrected chi connectivity index (χ0v) is 12.6. The average Bonchev–Trinajstić information content (AvgIpc) is 2.47. The molecule has 1 aromatic carbocycles. The van der Waals surface area contributed by atoms with Crippen LogP contribution in [0.1, 0.15) is 43.7 Å². The van der Waals surface area contributed by atoms with E-state index < -0.39 is 0 Å². The summed E-state index contributed by atoms with van der Waals surface area (Å²) in [6, 6.07) is 8.31. The van der Waals surface area contributed by atoms with Crippen LogP contribution in [-0.4, -0.2) is 24.5 Å². The number of carbonyl (C=O) groups excluding carboxylic acids is 2. The maximum atomic E-state index is 11.8. The third kappa shape index (κ3) is 4.88. The van der Waals surface area contributed by atoms with Crippen LogP contribution < -0.4 is 5.32 Å². The van der Waals surface area contributed by atoms with E-state index in [0.29, 0.717) is 25.8 Å². The van der Waals surface area contributed by atoms with Gasteiger partial charge in [-0.25, -0.2) is 0 Å². The van der Waals surface area contributed by atoms with Crippen molar-refractivity contribution in [1.29, 1.82) is 0 Å². The highest BCUT2D eigenvalue weighted by Gasteiger charge is 2.21. The highest BCUT2D eigenvalue weighted by Crippen LogP contribution is 2.23. The summed E-state index contributed by atoms with van der Waals surface area (Å²) in [4.78, 5) is 23.1. The molecule has 2 rings (SSSR count). The first-order valence-corrected chi connectivity index (χ1v) is 7.72. The van der Waals surface area contributed by atoms with Crippen LogP contribution in [-0.2, 0) is 27.2 Å². The monoisotopic (exact) mass is 289 g/mol. The molecule has 1 atom stereocenters. The van der Waals surface area contributed by atoms with E-state index in [4.69, 9.17) is 4.74 Å². The minimum absolute atomic E-state index is 0.00288. The Morgan fingerprint density at radius 2 is 2.00 bits per heavy atom. The molecule has 1 aliphatic rings. The summed E-state index contributed by atoms with van der Waals surface area (Å²) in [6.07, 6.45) is 3.89. The largest absolute Gasteiger partial charge is 0.462 e. The summed E-state index contributed by atoms with van der Waals surface area (Å²) in [7, 11) is 0. The zero-order valence-electron chi connectivity index (χ0n) is 12.6. The van der Waals surface area contributed by atoms with Crippen LogP contribution in [0.25, 0.3) is 0 Å². The molecular weight excluding hydrogens is 266 g/mol. The van der Waals surface area contributed by atoms with Crippen molar-refractivity contribution in [3.8, 4) is 0 Å². The second-order valence-electron chi connectivity index (χ2n) is 5.43. The SMILES string of the molecule is CCNC(=O)CCCC(=O)O[C@H]1CCc2ccccc2C1. The van der Waals surface area contributed by atoms with E-state index in [1.807, 2.05) is 19.1 Å². The highest BCUT2D eigenvalue weighted by molar-refractivity contribution is 5.76. The van der Waals surface area contributed by atoms with Gasteiger partial charge in [0.25, 0.3) is 0 Å². The lowest BCUT2D eigenvalue weighted by atomic mass is 9.90. The zero-order chi connectivity index (χ0) is 15.1. The van der Waals surface area contributed by atoms with Crippen molar-refractivity contribution in [3.05, 3.63) is 35.4 Å². The van der Waals surface area contributed by atoms with Crippen molar-refractivity contribution >= 4 is 11.9 Å². The Hall–Kier alpha value is -1.84. The van der Waals surface area contributed by atoms with Gasteiger partial charge in [0.1, 0.15) is 6.10 Å². The highest BCUT2D eigenvalue weighted by atomic mass is 16.5. The topological polar surface area (TPSA) is 55.4 Å². The molecule has 0 heterocycles. The number of carbonyl (C=O) groups is 2. The number of hydrogen-bond donors (Lipinski definition) is 1. The maximum Gasteiger partial charge on any atom is 0.306 e. The fourth-order valence-corrected chi connectivity index (χ4v) is 2.69.